The zero-order valence-corrected chi connectivity index (χ0v) is 10.8. The molecule has 0 atom stereocenters. The van der Waals surface area contributed by atoms with Crippen LogP contribution in [0.1, 0.15) is 10.4 Å². The first-order chi connectivity index (χ1) is 8.00. The third-order valence-electron chi connectivity index (χ3n) is 2.39. The van der Waals surface area contributed by atoms with E-state index in [0.29, 0.717) is 5.19 Å². The first-order valence-corrected chi connectivity index (χ1v) is 6.45. The third-order valence-corrected chi connectivity index (χ3v) is 5.02. The van der Waals surface area contributed by atoms with E-state index in [1.807, 2.05) is 0 Å². The smallest absolute Gasteiger partial charge is 0.507 e. The molecule has 94 valence electrons. The number of phenols is 1. The summed E-state index contributed by atoms with van der Waals surface area (Å²) in [5.41, 5.74) is -0.181. The first kappa shape index (κ1) is 13.7. The molecule has 1 aromatic carbocycles. The van der Waals surface area contributed by atoms with Crippen LogP contribution < -0.4 is 5.19 Å². The molecule has 0 aliphatic heterocycles. The fourth-order valence-corrected chi connectivity index (χ4v) is 3.31. The minimum atomic E-state index is -3.04. The number of hydrogen-bond acceptors (Lipinski definition) is 5. The zero-order chi connectivity index (χ0) is 13.1. The predicted molar refractivity (Wildman–Crippen MR) is 61.5 cm³/mol. The van der Waals surface area contributed by atoms with Gasteiger partial charge in [0.05, 0.1) is 0 Å². The molecule has 1 aromatic rings. The van der Waals surface area contributed by atoms with Crippen molar-refractivity contribution < 1.29 is 28.3 Å². The van der Waals surface area contributed by atoms with Gasteiger partial charge >= 0.3 is 14.8 Å². The normalized spacial score (nSPS) is 11.5. The highest BCUT2D eigenvalue weighted by Gasteiger charge is 2.41. The van der Waals surface area contributed by atoms with Crippen LogP contribution >= 0.6 is 0 Å². The van der Waals surface area contributed by atoms with Gasteiger partial charge in [-0.05, 0) is 12.1 Å². The molecular weight excluding hydrogens is 244 g/mol. The third kappa shape index (κ3) is 2.47. The van der Waals surface area contributed by atoms with E-state index >= 15 is 0 Å². The predicted octanol–water partition coefficient (Wildman–Crippen LogP) is 0.175. The molecule has 17 heavy (non-hydrogen) atoms. The van der Waals surface area contributed by atoms with Crippen molar-refractivity contribution in [1.29, 1.82) is 0 Å². The Kier molecular flexibility index (Phi) is 4.24. The van der Waals surface area contributed by atoms with Crippen LogP contribution in [0.4, 0.5) is 0 Å². The maximum Gasteiger partial charge on any atom is 0.536 e. The Morgan fingerprint density at radius 3 is 2.06 bits per heavy atom. The SMILES string of the molecule is CO[Si](OC)(OC)c1ccc(C(=O)O)c(O)c1. The number of benzene rings is 1. The summed E-state index contributed by atoms with van der Waals surface area (Å²) in [6.45, 7) is 0. The van der Waals surface area contributed by atoms with Crippen LogP contribution in [-0.4, -0.2) is 46.3 Å². The second-order valence-electron chi connectivity index (χ2n) is 3.21. The van der Waals surface area contributed by atoms with Gasteiger partial charge in [-0.15, -0.1) is 0 Å². The molecule has 0 saturated carbocycles. The fourth-order valence-electron chi connectivity index (χ4n) is 1.51. The van der Waals surface area contributed by atoms with Gasteiger partial charge in [-0.2, -0.15) is 0 Å². The van der Waals surface area contributed by atoms with Crippen molar-refractivity contribution in [3.63, 3.8) is 0 Å². The van der Waals surface area contributed by atoms with Crippen LogP contribution in [0.2, 0.25) is 0 Å². The van der Waals surface area contributed by atoms with Gasteiger partial charge in [0.25, 0.3) is 0 Å². The van der Waals surface area contributed by atoms with Crippen molar-refractivity contribution in [2.45, 2.75) is 0 Å². The molecule has 0 saturated heterocycles. The van der Waals surface area contributed by atoms with Crippen LogP contribution in [0.5, 0.6) is 5.75 Å². The largest absolute Gasteiger partial charge is 0.536 e. The van der Waals surface area contributed by atoms with Gasteiger partial charge < -0.3 is 23.5 Å². The molecule has 7 heteroatoms. The first-order valence-electron chi connectivity index (χ1n) is 4.73. The van der Waals surface area contributed by atoms with Gasteiger partial charge in [0.15, 0.2) is 0 Å². The summed E-state index contributed by atoms with van der Waals surface area (Å²) in [4.78, 5) is 10.7. The lowest BCUT2D eigenvalue weighted by Gasteiger charge is -2.24. The summed E-state index contributed by atoms with van der Waals surface area (Å²) < 4.78 is 15.6. The number of aromatic hydroxyl groups is 1. The Morgan fingerprint density at radius 1 is 1.18 bits per heavy atom. The topological polar surface area (TPSA) is 85.2 Å². The number of carboxylic acids is 1. The Hall–Kier alpha value is -1.41. The lowest BCUT2D eigenvalue weighted by atomic mass is 10.2. The lowest BCUT2D eigenvalue weighted by molar-refractivity contribution is 0.0693. The van der Waals surface area contributed by atoms with E-state index < -0.39 is 14.8 Å². The standard InChI is InChI=1S/C10H14O6Si/c1-14-17(15-2,16-3)7-4-5-8(10(12)13)9(11)6-7/h4-6,11H,1-3H3,(H,12,13). The molecule has 6 nitrogen and oxygen atoms in total. The molecule has 0 bridgehead atoms. The van der Waals surface area contributed by atoms with Crippen LogP contribution in [0.15, 0.2) is 18.2 Å². The summed E-state index contributed by atoms with van der Waals surface area (Å²) in [7, 11) is 1.26. The van der Waals surface area contributed by atoms with Gasteiger partial charge in [-0.1, -0.05) is 6.07 Å². The molecule has 0 unspecified atom stereocenters. The summed E-state index contributed by atoms with van der Waals surface area (Å²) in [5, 5.41) is 18.9. The molecule has 0 aliphatic rings. The van der Waals surface area contributed by atoms with Crippen LogP contribution in [0.3, 0.4) is 0 Å². The van der Waals surface area contributed by atoms with Crippen LogP contribution in [0, 0.1) is 0 Å². The Bertz CT molecular complexity index is 407. The maximum atomic E-state index is 10.7. The van der Waals surface area contributed by atoms with Crippen LogP contribution in [-0.2, 0) is 13.3 Å². The summed E-state index contributed by atoms with van der Waals surface area (Å²) in [6, 6.07) is 4.07. The van der Waals surface area contributed by atoms with E-state index in [1.165, 1.54) is 39.5 Å². The second-order valence-corrected chi connectivity index (χ2v) is 6.12. The number of carbonyl (C=O) groups is 1. The van der Waals surface area contributed by atoms with E-state index in [0.717, 1.165) is 0 Å². The molecule has 0 fully saturated rings. The molecule has 0 heterocycles. The average molecular weight is 258 g/mol. The van der Waals surface area contributed by atoms with Crippen molar-refractivity contribution in [3.05, 3.63) is 23.8 Å². The average Bonchev–Trinajstić information content (AvgIpc) is 2.32. The molecule has 0 aromatic heterocycles. The van der Waals surface area contributed by atoms with Crippen molar-refractivity contribution in [2.75, 3.05) is 21.3 Å². The molecule has 0 amide bonds. The Labute approximate surface area is 99.7 Å². The summed E-state index contributed by atoms with van der Waals surface area (Å²) in [6.07, 6.45) is 0. The van der Waals surface area contributed by atoms with Crippen LogP contribution in [0.25, 0.3) is 0 Å². The van der Waals surface area contributed by atoms with Crippen molar-refractivity contribution in [3.8, 4) is 5.75 Å². The van der Waals surface area contributed by atoms with Gasteiger partial charge in [0, 0.05) is 26.5 Å². The molecule has 0 spiro atoms. The quantitative estimate of drug-likeness (QED) is 0.733. The van der Waals surface area contributed by atoms with E-state index in [9.17, 15) is 9.90 Å². The lowest BCUT2D eigenvalue weighted by Crippen LogP contribution is -2.54. The Balaban J connectivity index is 3.24. The van der Waals surface area contributed by atoms with E-state index in [2.05, 4.69) is 0 Å². The minimum Gasteiger partial charge on any atom is -0.507 e. The van der Waals surface area contributed by atoms with Crippen molar-refractivity contribution in [1.82, 2.24) is 0 Å². The zero-order valence-electron chi connectivity index (χ0n) is 9.76. The van der Waals surface area contributed by atoms with Crippen molar-refractivity contribution >= 4 is 20.0 Å². The highest BCUT2D eigenvalue weighted by Crippen LogP contribution is 2.17. The summed E-state index contributed by atoms with van der Waals surface area (Å²) >= 11 is 0. The molecular formula is C10H14O6Si. The number of aromatic carboxylic acids is 1. The highest BCUT2D eigenvalue weighted by atomic mass is 28.4. The molecule has 2 N–H and O–H groups in total. The number of carboxylic acid groups (broad SMARTS) is 1. The van der Waals surface area contributed by atoms with Gasteiger partial charge in [-0.25, -0.2) is 4.79 Å². The van der Waals surface area contributed by atoms with Crippen molar-refractivity contribution in [2.24, 2.45) is 0 Å². The fraction of sp³-hybridized carbons (Fsp3) is 0.300. The second kappa shape index (κ2) is 5.28. The summed E-state index contributed by atoms with van der Waals surface area (Å²) in [5.74, 6) is -1.55. The Morgan fingerprint density at radius 2 is 1.71 bits per heavy atom. The molecule has 1 rings (SSSR count). The van der Waals surface area contributed by atoms with E-state index in [1.54, 1.807) is 0 Å². The molecule has 0 radical (unpaired) electrons. The number of rotatable bonds is 5. The van der Waals surface area contributed by atoms with Gasteiger partial charge in [0.1, 0.15) is 11.3 Å². The van der Waals surface area contributed by atoms with Gasteiger partial charge in [0.2, 0.25) is 0 Å². The van der Waals surface area contributed by atoms with E-state index in [4.69, 9.17) is 18.4 Å². The van der Waals surface area contributed by atoms with Gasteiger partial charge in [-0.3, -0.25) is 0 Å². The maximum absolute atomic E-state index is 10.7. The minimum absolute atomic E-state index is 0.181. The van der Waals surface area contributed by atoms with E-state index in [-0.39, 0.29) is 11.3 Å². The number of hydrogen-bond donors (Lipinski definition) is 2. The highest BCUT2D eigenvalue weighted by molar-refractivity contribution is 6.75. The molecule has 0 aliphatic carbocycles. The monoisotopic (exact) mass is 258 g/mol.